The number of ether oxygens (including phenoxy) is 1. The highest BCUT2D eigenvalue weighted by Crippen LogP contribution is 2.16. The van der Waals surface area contributed by atoms with Crippen LogP contribution < -0.4 is 10.6 Å². The first-order valence-corrected chi connectivity index (χ1v) is 8.13. The van der Waals surface area contributed by atoms with E-state index < -0.39 is 5.60 Å². The van der Waals surface area contributed by atoms with Gasteiger partial charge < -0.3 is 20.3 Å². The van der Waals surface area contributed by atoms with Crippen LogP contribution in [0.1, 0.15) is 32.9 Å². The van der Waals surface area contributed by atoms with E-state index in [0.29, 0.717) is 19.6 Å². The van der Waals surface area contributed by atoms with Crippen LogP contribution in [0.4, 0.5) is 10.6 Å². The van der Waals surface area contributed by atoms with Gasteiger partial charge in [-0.25, -0.2) is 9.78 Å². The second kappa shape index (κ2) is 7.59. The van der Waals surface area contributed by atoms with E-state index in [1.807, 2.05) is 20.8 Å². The van der Waals surface area contributed by atoms with Gasteiger partial charge in [0.25, 0.3) is 0 Å². The average molecular weight is 321 g/mol. The van der Waals surface area contributed by atoms with E-state index >= 15 is 0 Å². The molecule has 1 aliphatic rings. The van der Waals surface area contributed by atoms with Crippen LogP contribution in [0.2, 0.25) is 0 Å². The lowest BCUT2D eigenvalue weighted by atomic mass is 10.2. The van der Waals surface area contributed by atoms with Crippen molar-refractivity contribution in [1.29, 1.82) is 0 Å². The molecule has 2 rings (SSSR count). The van der Waals surface area contributed by atoms with Crippen molar-refractivity contribution in [2.45, 2.75) is 39.2 Å². The fourth-order valence-electron chi connectivity index (χ4n) is 2.40. The van der Waals surface area contributed by atoms with E-state index in [0.717, 1.165) is 37.4 Å². The summed E-state index contributed by atoms with van der Waals surface area (Å²) < 4.78 is 5.41. The summed E-state index contributed by atoms with van der Waals surface area (Å²) in [4.78, 5) is 24.9. The number of piperazine rings is 1. The molecule has 1 aliphatic heterocycles. The Bertz CT molecular complexity index is 521. The summed E-state index contributed by atoms with van der Waals surface area (Å²) in [7, 11) is 0. The SMILES string of the molecule is CC(C)(C)OC(=O)N1CCN(c2cncc(CCCN)n2)CC1. The number of nitrogens with two attached hydrogens (primary N) is 1. The lowest BCUT2D eigenvalue weighted by Gasteiger charge is -2.36. The van der Waals surface area contributed by atoms with Crippen molar-refractivity contribution in [1.82, 2.24) is 14.9 Å². The van der Waals surface area contributed by atoms with Gasteiger partial charge >= 0.3 is 6.09 Å². The first-order chi connectivity index (χ1) is 10.9. The van der Waals surface area contributed by atoms with Gasteiger partial charge in [-0.1, -0.05) is 0 Å². The molecule has 0 aliphatic carbocycles. The lowest BCUT2D eigenvalue weighted by molar-refractivity contribution is 0.0240. The highest BCUT2D eigenvalue weighted by molar-refractivity contribution is 5.68. The first kappa shape index (κ1) is 17.5. The number of carbonyl (C=O) groups excluding carboxylic acids is 1. The number of anilines is 1. The van der Waals surface area contributed by atoms with E-state index in [1.54, 1.807) is 17.3 Å². The Labute approximate surface area is 137 Å². The minimum Gasteiger partial charge on any atom is -0.444 e. The molecule has 2 heterocycles. The molecule has 1 aromatic heterocycles. The van der Waals surface area contributed by atoms with E-state index in [9.17, 15) is 4.79 Å². The Morgan fingerprint density at radius 3 is 2.57 bits per heavy atom. The van der Waals surface area contributed by atoms with Gasteiger partial charge in [0, 0.05) is 32.4 Å². The Hall–Kier alpha value is -1.89. The molecule has 1 saturated heterocycles. The number of aryl methyl sites for hydroxylation is 1. The molecule has 1 fully saturated rings. The van der Waals surface area contributed by atoms with Crippen molar-refractivity contribution in [3.63, 3.8) is 0 Å². The van der Waals surface area contributed by atoms with Gasteiger partial charge in [0.05, 0.1) is 11.9 Å². The quantitative estimate of drug-likeness (QED) is 0.903. The van der Waals surface area contributed by atoms with Crippen LogP contribution in [0.25, 0.3) is 0 Å². The van der Waals surface area contributed by atoms with Gasteiger partial charge in [-0.05, 0) is 40.2 Å². The highest BCUT2D eigenvalue weighted by Gasteiger charge is 2.26. The zero-order valence-corrected chi connectivity index (χ0v) is 14.3. The molecule has 0 atom stereocenters. The second-order valence-electron chi connectivity index (χ2n) is 6.72. The third-order valence-corrected chi connectivity index (χ3v) is 3.56. The van der Waals surface area contributed by atoms with Crippen molar-refractivity contribution < 1.29 is 9.53 Å². The van der Waals surface area contributed by atoms with Crippen molar-refractivity contribution in [3.05, 3.63) is 18.1 Å². The topological polar surface area (TPSA) is 84.6 Å². The summed E-state index contributed by atoms with van der Waals surface area (Å²) in [6, 6.07) is 0. The maximum absolute atomic E-state index is 12.1. The maximum atomic E-state index is 12.1. The Kier molecular flexibility index (Phi) is 5.76. The number of carbonyl (C=O) groups is 1. The molecule has 1 amide bonds. The smallest absolute Gasteiger partial charge is 0.410 e. The van der Waals surface area contributed by atoms with Gasteiger partial charge in [0.2, 0.25) is 0 Å². The largest absolute Gasteiger partial charge is 0.444 e. The fourth-order valence-corrected chi connectivity index (χ4v) is 2.40. The standard InChI is InChI=1S/C16H27N5O2/c1-16(2,3)23-15(22)21-9-7-20(8-10-21)14-12-18-11-13(19-14)5-4-6-17/h11-12H,4-10,17H2,1-3H3. The van der Waals surface area contributed by atoms with Crippen LogP contribution in [-0.4, -0.2) is 59.3 Å². The summed E-state index contributed by atoms with van der Waals surface area (Å²) in [6.45, 7) is 9.01. The molecular formula is C16H27N5O2. The van der Waals surface area contributed by atoms with Crippen molar-refractivity contribution in [2.75, 3.05) is 37.6 Å². The van der Waals surface area contributed by atoms with Crippen LogP contribution in [0.5, 0.6) is 0 Å². The van der Waals surface area contributed by atoms with Crippen LogP contribution in [-0.2, 0) is 11.2 Å². The van der Waals surface area contributed by atoms with E-state index in [1.165, 1.54) is 0 Å². The molecular weight excluding hydrogens is 294 g/mol. The fraction of sp³-hybridized carbons (Fsp3) is 0.688. The summed E-state index contributed by atoms with van der Waals surface area (Å²) in [5.41, 5.74) is 6.04. The molecule has 0 saturated carbocycles. The number of hydrogen-bond donors (Lipinski definition) is 1. The molecule has 23 heavy (non-hydrogen) atoms. The van der Waals surface area contributed by atoms with Gasteiger partial charge in [-0.2, -0.15) is 0 Å². The number of nitrogens with zero attached hydrogens (tertiary/aromatic N) is 4. The predicted octanol–water partition coefficient (Wildman–Crippen LogP) is 1.43. The first-order valence-electron chi connectivity index (χ1n) is 8.13. The zero-order chi connectivity index (χ0) is 16.9. The van der Waals surface area contributed by atoms with E-state index in [-0.39, 0.29) is 6.09 Å². The molecule has 2 N–H and O–H groups in total. The summed E-state index contributed by atoms with van der Waals surface area (Å²) >= 11 is 0. The van der Waals surface area contributed by atoms with Crippen LogP contribution >= 0.6 is 0 Å². The van der Waals surface area contributed by atoms with Gasteiger partial charge in [-0.15, -0.1) is 0 Å². The average Bonchev–Trinajstić information content (AvgIpc) is 2.52. The number of amides is 1. The van der Waals surface area contributed by atoms with E-state index in [2.05, 4.69) is 14.9 Å². The third-order valence-electron chi connectivity index (χ3n) is 3.56. The number of hydrogen-bond acceptors (Lipinski definition) is 6. The van der Waals surface area contributed by atoms with Crippen LogP contribution in [0, 0.1) is 0 Å². The van der Waals surface area contributed by atoms with Crippen LogP contribution in [0.15, 0.2) is 12.4 Å². The van der Waals surface area contributed by atoms with Crippen molar-refractivity contribution in [2.24, 2.45) is 5.73 Å². The highest BCUT2D eigenvalue weighted by atomic mass is 16.6. The van der Waals surface area contributed by atoms with E-state index in [4.69, 9.17) is 10.5 Å². The minimum atomic E-state index is -0.461. The third kappa shape index (κ3) is 5.35. The van der Waals surface area contributed by atoms with Crippen molar-refractivity contribution >= 4 is 11.9 Å². The molecule has 1 aromatic rings. The van der Waals surface area contributed by atoms with Gasteiger partial charge in [0.1, 0.15) is 11.4 Å². The molecule has 128 valence electrons. The normalized spacial score (nSPS) is 15.7. The Morgan fingerprint density at radius 2 is 1.96 bits per heavy atom. The Balaban J connectivity index is 1.90. The van der Waals surface area contributed by atoms with Crippen LogP contribution in [0.3, 0.4) is 0 Å². The Morgan fingerprint density at radius 1 is 1.26 bits per heavy atom. The zero-order valence-electron chi connectivity index (χ0n) is 14.3. The number of rotatable bonds is 4. The van der Waals surface area contributed by atoms with Gasteiger partial charge in [0.15, 0.2) is 0 Å². The minimum absolute atomic E-state index is 0.250. The lowest BCUT2D eigenvalue weighted by Crippen LogP contribution is -2.50. The number of aromatic nitrogens is 2. The maximum Gasteiger partial charge on any atom is 0.410 e. The predicted molar refractivity (Wildman–Crippen MR) is 89.4 cm³/mol. The molecule has 7 nitrogen and oxygen atoms in total. The molecule has 0 bridgehead atoms. The summed E-state index contributed by atoms with van der Waals surface area (Å²) in [5, 5.41) is 0. The van der Waals surface area contributed by atoms with Crippen molar-refractivity contribution in [3.8, 4) is 0 Å². The van der Waals surface area contributed by atoms with Gasteiger partial charge in [-0.3, -0.25) is 4.98 Å². The second-order valence-corrected chi connectivity index (χ2v) is 6.72. The molecule has 0 aromatic carbocycles. The molecule has 0 unspecified atom stereocenters. The summed E-state index contributed by atoms with van der Waals surface area (Å²) in [6.07, 6.45) is 5.06. The molecule has 0 spiro atoms. The summed E-state index contributed by atoms with van der Waals surface area (Å²) in [5.74, 6) is 0.864. The molecule has 7 heteroatoms. The molecule has 0 radical (unpaired) electrons. The monoisotopic (exact) mass is 321 g/mol.